The zero-order chi connectivity index (χ0) is 52.9. The van der Waals surface area contributed by atoms with Crippen LogP contribution in [-0.4, -0.2) is 87.5 Å². The van der Waals surface area contributed by atoms with Crippen LogP contribution in [0.3, 0.4) is 0 Å². The molecule has 0 radical (unpaired) electrons. The third kappa shape index (κ3) is 41.1. The molecule has 0 spiro atoms. The summed E-state index contributed by atoms with van der Waals surface area (Å²) in [5, 5.41) is 54.2. The number of hydrogen-bond acceptors (Lipinski definition) is 8. The molecule has 1 aliphatic heterocycles. The molecule has 0 aromatic heterocycles. The minimum absolute atomic E-state index is 0.204. The Kier molecular flexibility index (Phi) is 47.4. The molecular formula is C64H103NO8. The zero-order valence-corrected chi connectivity index (χ0v) is 45.6. The fourth-order valence-corrected chi connectivity index (χ4v) is 7.90. The number of aliphatic hydroxyl groups is 5. The summed E-state index contributed by atoms with van der Waals surface area (Å²) in [5.74, 6) is -0.204. The van der Waals surface area contributed by atoms with Gasteiger partial charge in [-0.2, -0.15) is 0 Å². The lowest BCUT2D eigenvalue weighted by Gasteiger charge is -2.40. The van der Waals surface area contributed by atoms with Crippen LogP contribution in [0.2, 0.25) is 0 Å². The number of aliphatic hydroxyl groups excluding tert-OH is 5. The second-order valence-corrected chi connectivity index (χ2v) is 19.0. The first-order chi connectivity index (χ1) is 35.8. The van der Waals surface area contributed by atoms with Crippen LogP contribution in [0.25, 0.3) is 0 Å². The minimum Gasteiger partial charge on any atom is -0.394 e. The van der Waals surface area contributed by atoms with Gasteiger partial charge in [-0.3, -0.25) is 4.79 Å². The molecule has 0 bridgehead atoms. The summed E-state index contributed by atoms with van der Waals surface area (Å²) in [6.45, 7) is 3.59. The van der Waals surface area contributed by atoms with Gasteiger partial charge in [-0.05, 0) is 109 Å². The van der Waals surface area contributed by atoms with Gasteiger partial charge in [-0.1, -0.05) is 224 Å². The standard InChI is InChI=1S/C64H103NO8/c1-3-5-7-9-11-13-15-16-17-18-19-20-21-22-23-24-25-26-27-28-29-30-31-32-33-34-35-36-37-38-39-40-41-42-44-46-48-50-52-54-60(68)65-57(56-72-64-63(71)62(70)61(69)59(55-66)73-64)58(67)53-51-49-47-45-43-14-12-10-8-6-4-2/h5,7,11,13,16-17,19-20,22-23,25-26,28-29,31-32,34-35,37-38,43,45,51,53,57-59,61-64,66-67,69-71H,3-4,6,8-10,12,14-15,18,21,24,27,30,33,36,39-42,44,46-50,52,54-56H2,1-2H3,(H,65,68)/b7-5-,13-11-,17-16-,20-19-,23-22-,26-25-,29-28-,32-31-,35-34-,38-37-,45-43+,53-51+. The first kappa shape index (κ1) is 67.1. The van der Waals surface area contributed by atoms with Gasteiger partial charge in [0.1, 0.15) is 24.4 Å². The Morgan fingerprint density at radius 3 is 1.32 bits per heavy atom. The molecule has 0 aliphatic carbocycles. The molecule has 0 aromatic rings. The molecular weight excluding hydrogens is 911 g/mol. The normalized spacial score (nSPS) is 20.2. The summed E-state index contributed by atoms with van der Waals surface area (Å²) >= 11 is 0. The molecule has 1 aliphatic rings. The molecule has 0 saturated carbocycles. The van der Waals surface area contributed by atoms with Crippen LogP contribution in [0.15, 0.2) is 146 Å². The maximum Gasteiger partial charge on any atom is 0.220 e. The van der Waals surface area contributed by atoms with Crippen LogP contribution in [0.4, 0.5) is 0 Å². The average molecular weight is 1010 g/mol. The van der Waals surface area contributed by atoms with E-state index in [1.165, 1.54) is 57.8 Å². The zero-order valence-electron chi connectivity index (χ0n) is 45.6. The maximum absolute atomic E-state index is 13.0. The van der Waals surface area contributed by atoms with Crippen LogP contribution >= 0.6 is 0 Å². The van der Waals surface area contributed by atoms with Gasteiger partial charge in [0.15, 0.2) is 6.29 Å². The van der Waals surface area contributed by atoms with E-state index in [0.29, 0.717) is 6.42 Å². The molecule has 73 heavy (non-hydrogen) atoms. The average Bonchev–Trinajstić information content (AvgIpc) is 3.39. The van der Waals surface area contributed by atoms with Crippen LogP contribution < -0.4 is 5.32 Å². The highest BCUT2D eigenvalue weighted by Gasteiger charge is 2.44. The molecule has 6 N–H and O–H groups in total. The van der Waals surface area contributed by atoms with Gasteiger partial charge in [-0.15, -0.1) is 0 Å². The predicted octanol–water partition coefficient (Wildman–Crippen LogP) is 14.3. The lowest BCUT2D eigenvalue weighted by molar-refractivity contribution is -0.302. The lowest BCUT2D eigenvalue weighted by Crippen LogP contribution is -2.60. The lowest BCUT2D eigenvalue weighted by atomic mass is 9.99. The van der Waals surface area contributed by atoms with E-state index in [4.69, 9.17) is 9.47 Å². The van der Waals surface area contributed by atoms with Crippen LogP contribution in [0.5, 0.6) is 0 Å². The molecule has 1 saturated heterocycles. The van der Waals surface area contributed by atoms with Crippen LogP contribution in [0.1, 0.15) is 194 Å². The summed E-state index contributed by atoms with van der Waals surface area (Å²) < 4.78 is 11.2. The van der Waals surface area contributed by atoms with Crippen molar-refractivity contribution in [3.63, 3.8) is 0 Å². The largest absolute Gasteiger partial charge is 0.394 e. The summed E-state index contributed by atoms with van der Waals surface area (Å²) in [6, 6.07) is -0.835. The highest BCUT2D eigenvalue weighted by molar-refractivity contribution is 5.76. The molecule has 1 heterocycles. The van der Waals surface area contributed by atoms with E-state index < -0.39 is 49.5 Å². The van der Waals surface area contributed by atoms with Gasteiger partial charge in [0, 0.05) is 6.42 Å². The Hall–Kier alpha value is -3.93. The number of carbonyl (C=O) groups is 1. The van der Waals surface area contributed by atoms with E-state index in [1.807, 2.05) is 6.08 Å². The predicted molar refractivity (Wildman–Crippen MR) is 308 cm³/mol. The second-order valence-electron chi connectivity index (χ2n) is 19.0. The van der Waals surface area contributed by atoms with Crippen molar-refractivity contribution in [2.24, 2.45) is 0 Å². The van der Waals surface area contributed by atoms with Gasteiger partial charge in [0.2, 0.25) is 5.91 Å². The Balaban J connectivity index is 2.16. The molecule has 9 nitrogen and oxygen atoms in total. The Bertz CT molecular complexity index is 1650. The first-order valence-corrected chi connectivity index (χ1v) is 28.6. The number of nitrogens with one attached hydrogen (secondary N) is 1. The number of rotatable bonds is 46. The first-order valence-electron chi connectivity index (χ1n) is 28.6. The van der Waals surface area contributed by atoms with Crippen molar-refractivity contribution in [2.45, 2.75) is 236 Å². The Labute approximate surface area is 444 Å². The summed E-state index contributed by atoms with van der Waals surface area (Å²) in [7, 11) is 0. The number of hydrogen-bond donors (Lipinski definition) is 6. The Morgan fingerprint density at radius 2 is 0.863 bits per heavy atom. The van der Waals surface area contributed by atoms with E-state index in [-0.39, 0.29) is 12.5 Å². The number of allylic oxidation sites excluding steroid dienone is 23. The SMILES string of the molecule is CC/C=C\C/C=C\C/C=C\C/C=C\C/C=C\C/C=C\C/C=C\C/C=C\C/C=C\C/C=C\CCCCCCCCCCC(=O)NC(COC1OC(CO)C(O)C(O)C1O)C(O)/C=C/CC/C=C/CCCCCCC. The molecule has 9 heteroatoms. The van der Waals surface area contributed by atoms with Crippen molar-refractivity contribution in [1.82, 2.24) is 5.32 Å². The summed E-state index contributed by atoms with van der Waals surface area (Å²) in [5.41, 5.74) is 0. The smallest absolute Gasteiger partial charge is 0.220 e. The van der Waals surface area contributed by atoms with Crippen molar-refractivity contribution >= 4 is 5.91 Å². The number of carbonyl (C=O) groups excluding carboxylic acids is 1. The molecule has 1 fully saturated rings. The fraction of sp³-hybridized carbons (Fsp3) is 0.609. The quantitative estimate of drug-likeness (QED) is 0.0261. The van der Waals surface area contributed by atoms with E-state index in [9.17, 15) is 30.3 Å². The summed E-state index contributed by atoms with van der Waals surface area (Å²) in [6.07, 6.45) is 73.5. The van der Waals surface area contributed by atoms with Crippen molar-refractivity contribution in [2.75, 3.05) is 13.2 Å². The summed E-state index contributed by atoms with van der Waals surface area (Å²) in [4.78, 5) is 13.0. The third-order valence-corrected chi connectivity index (χ3v) is 12.4. The number of unbranched alkanes of at least 4 members (excludes halogenated alkanes) is 14. The topological polar surface area (TPSA) is 149 Å². The van der Waals surface area contributed by atoms with E-state index in [1.54, 1.807) is 6.08 Å². The van der Waals surface area contributed by atoms with Crippen molar-refractivity contribution < 1.29 is 39.8 Å². The van der Waals surface area contributed by atoms with Gasteiger partial charge < -0.3 is 40.3 Å². The van der Waals surface area contributed by atoms with Crippen molar-refractivity contribution in [3.05, 3.63) is 146 Å². The third-order valence-electron chi connectivity index (χ3n) is 12.4. The highest BCUT2D eigenvalue weighted by atomic mass is 16.7. The van der Waals surface area contributed by atoms with Crippen molar-refractivity contribution in [3.8, 4) is 0 Å². The van der Waals surface area contributed by atoms with Crippen LogP contribution in [0, 0.1) is 0 Å². The highest BCUT2D eigenvalue weighted by Crippen LogP contribution is 2.22. The second kappa shape index (κ2) is 51.6. The number of ether oxygens (including phenoxy) is 2. The van der Waals surface area contributed by atoms with Crippen LogP contribution in [-0.2, 0) is 14.3 Å². The molecule has 1 rings (SSSR count). The van der Waals surface area contributed by atoms with Crippen molar-refractivity contribution in [1.29, 1.82) is 0 Å². The van der Waals surface area contributed by atoms with Gasteiger partial charge >= 0.3 is 0 Å². The monoisotopic (exact) mass is 1010 g/mol. The van der Waals surface area contributed by atoms with E-state index in [0.717, 1.165) is 116 Å². The number of amides is 1. The Morgan fingerprint density at radius 1 is 0.479 bits per heavy atom. The molecule has 0 aromatic carbocycles. The van der Waals surface area contributed by atoms with Gasteiger partial charge in [0.05, 0.1) is 25.4 Å². The maximum atomic E-state index is 13.0. The molecule has 7 atom stereocenters. The fourth-order valence-electron chi connectivity index (χ4n) is 7.90. The van der Waals surface area contributed by atoms with Gasteiger partial charge in [-0.25, -0.2) is 0 Å². The van der Waals surface area contributed by atoms with Gasteiger partial charge in [0.25, 0.3) is 0 Å². The van der Waals surface area contributed by atoms with E-state index >= 15 is 0 Å². The molecule has 1 amide bonds. The minimum atomic E-state index is -1.58. The molecule has 7 unspecified atom stereocenters. The van der Waals surface area contributed by atoms with E-state index in [2.05, 4.69) is 153 Å². The molecule has 412 valence electrons.